The molecular formula is C14H23NO2. The zero-order valence-electron chi connectivity index (χ0n) is 11.3. The Balaban J connectivity index is 0. The highest BCUT2D eigenvalue weighted by atomic mass is 16.5. The molecule has 0 aliphatic heterocycles. The monoisotopic (exact) mass is 237 g/mol. The quantitative estimate of drug-likeness (QED) is 0.737. The maximum absolute atomic E-state index is 8.63. The van der Waals surface area contributed by atoms with Crippen molar-refractivity contribution in [1.82, 2.24) is 5.16 Å². The van der Waals surface area contributed by atoms with Crippen molar-refractivity contribution >= 4 is 0 Å². The van der Waals surface area contributed by atoms with Crippen molar-refractivity contribution < 1.29 is 9.63 Å². The summed E-state index contributed by atoms with van der Waals surface area (Å²) in [4.78, 5) is 0. The van der Waals surface area contributed by atoms with Crippen molar-refractivity contribution in [2.75, 3.05) is 0 Å². The molecule has 0 fully saturated rings. The van der Waals surface area contributed by atoms with Gasteiger partial charge in [0.1, 0.15) is 12.0 Å². The summed E-state index contributed by atoms with van der Waals surface area (Å²) in [5, 5.41) is 12.2. The second kappa shape index (κ2) is 14.2. The Morgan fingerprint density at radius 2 is 1.47 bits per heavy atom. The van der Waals surface area contributed by atoms with Gasteiger partial charge < -0.3 is 9.63 Å². The molecule has 1 aromatic carbocycles. The molecule has 0 atom stereocenters. The van der Waals surface area contributed by atoms with E-state index in [0.29, 0.717) is 5.75 Å². The van der Waals surface area contributed by atoms with Crippen LogP contribution in [0.5, 0.6) is 5.75 Å². The highest BCUT2D eigenvalue weighted by Gasteiger charge is 1.78. The summed E-state index contributed by atoms with van der Waals surface area (Å²) >= 11 is 0. The summed E-state index contributed by atoms with van der Waals surface area (Å²) in [5.74, 6) is 0.322. The van der Waals surface area contributed by atoms with E-state index >= 15 is 0 Å². The summed E-state index contributed by atoms with van der Waals surface area (Å²) in [5.41, 5.74) is 0.926. The van der Waals surface area contributed by atoms with E-state index in [2.05, 4.69) is 9.68 Å². The highest BCUT2D eigenvalue weighted by Crippen LogP contribution is 2.02. The lowest BCUT2D eigenvalue weighted by Gasteiger charge is -1.82. The van der Waals surface area contributed by atoms with Crippen LogP contribution in [-0.2, 0) is 0 Å². The maximum atomic E-state index is 8.63. The zero-order chi connectivity index (χ0) is 13.5. The molecule has 17 heavy (non-hydrogen) atoms. The van der Waals surface area contributed by atoms with E-state index in [1.807, 2.05) is 40.7 Å². The summed E-state index contributed by atoms with van der Waals surface area (Å²) in [6.07, 6.45) is 1.55. The van der Waals surface area contributed by atoms with Crippen molar-refractivity contribution in [1.29, 1.82) is 0 Å². The van der Waals surface area contributed by atoms with E-state index < -0.39 is 0 Å². The SMILES string of the molecule is CC.CC.Cc1ccon1.Oc1ccccc1. The molecule has 0 amide bonds. The van der Waals surface area contributed by atoms with Gasteiger partial charge in [-0.15, -0.1) is 0 Å². The minimum atomic E-state index is 0.322. The fraction of sp³-hybridized carbons (Fsp3) is 0.357. The maximum Gasteiger partial charge on any atom is 0.124 e. The Bertz CT molecular complexity index is 317. The smallest absolute Gasteiger partial charge is 0.124 e. The van der Waals surface area contributed by atoms with Gasteiger partial charge in [-0.05, 0) is 19.1 Å². The number of phenols is 1. The van der Waals surface area contributed by atoms with Crippen LogP contribution in [0.4, 0.5) is 0 Å². The minimum absolute atomic E-state index is 0.322. The molecule has 0 radical (unpaired) electrons. The van der Waals surface area contributed by atoms with Crippen LogP contribution >= 0.6 is 0 Å². The van der Waals surface area contributed by atoms with Crippen molar-refractivity contribution in [2.45, 2.75) is 34.6 Å². The molecule has 1 heterocycles. The molecule has 1 N–H and O–H groups in total. The molecule has 0 unspecified atom stereocenters. The van der Waals surface area contributed by atoms with Gasteiger partial charge in [-0.25, -0.2) is 0 Å². The van der Waals surface area contributed by atoms with Gasteiger partial charge in [0.15, 0.2) is 0 Å². The molecule has 3 heteroatoms. The first-order valence-electron chi connectivity index (χ1n) is 5.90. The summed E-state index contributed by atoms with van der Waals surface area (Å²) in [6, 6.07) is 10.5. The average molecular weight is 237 g/mol. The van der Waals surface area contributed by atoms with E-state index in [1.165, 1.54) is 0 Å². The lowest BCUT2D eigenvalue weighted by atomic mass is 10.3. The minimum Gasteiger partial charge on any atom is -0.508 e. The molecule has 0 aliphatic carbocycles. The number of aromatic nitrogens is 1. The Morgan fingerprint density at radius 3 is 1.65 bits per heavy atom. The predicted octanol–water partition coefficient (Wildman–Crippen LogP) is 4.43. The van der Waals surface area contributed by atoms with Crippen LogP contribution in [0.25, 0.3) is 0 Å². The number of aryl methyl sites for hydroxylation is 1. The number of phenolic OH excluding ortho intramolecular Hbond substituents is 1. The Hall–Kier alpha value is -1.77. The lowest BCUT2D eigenvalue weighted by Crippen LogP contribution is -1.59. The first-order valence-corrected chi connectivity index (χ1v) is 5.90. The van der Waals surface area contributed by atoms with Gasteiger partial charge in [0, 0.05) is 6.07 Å². The van der Waals surface area contributed by atoms with Gasteiger partial charge in [-0.2, -0.15) is 0 Å². The first kappa shape index (κ1) is 17.6. The summed E-state index contributed by atoms with van der Waals surface area (Å²) in [7, 11) is 0. The van der Waals surface area contributed by atoms with Crippen LogP contribution in [-0.4, -0.2) is 10.3 Å². The highest BCUT2D eigenvalue weighted by molar-refractivity contribution is 5.18. The molecule has 0 aliphatic rings. The molecule has 96 valence electrons. The van der Waals surface area contributed by atoms with Crippen molar-refractivity contribution in [2.24, 2.45) is 0 Å². The van der Waals surface area contributed by atoms with Crippen molar-refractivity contribution in [3.8, 4) is 5.75 Å². The number of hydrogen-bond donors (Lipinski definition) is 1. The molecule has 0 saturated heterocycles. The van der Waals surface area contributed by atoms with Gasteiger partial charge in [0.2, 0.25) is 0 Å². The van der Waals surface area contributed by atoms with E-state index in [-0.39, 0.29) is 0 Å². The largest absolute Gasteiger partial charge is 0.508 e. The van der Waals surface area contributed by atoms with Gasteiger partial charge >= 0.3 is 0 Å². The van der Waals surface area contributed by atoms with Crippen LogP contribution in [0, 0.1) is 6.92 Å². The van der Waals surface area contributed by atoms with Crippen LogP contribution in [0.3, 0.4) is 0 Å². The second-order valence-electron chi connectivity index (χ2n) is 2.48. The topological polar surface area (TPSA) is 46.3 Å². The molecule has 2 rings (SSSR count). The van der Waals surface area contributed by atoms with E-state index in [1.54, 1.807) is 36.6 Å². The molecule has 3 nitrogen and oxygen atoms in total. The van der Waals surface area contributed by atoms with Crippen LogP contribution in [0.15, 0.2) is 47.2 Å². The first-order chi connectivity index (χ1) is 8.29. The Labute approximate surface area is 104 Å². The van der Waals surface area contributed by atoms with Gasteiger partial charge in [-0.1, -0.05) is 51.1 Å². The zero-order valence-corrected chi connectivity index (χ0v) is 11.3. The molecule has 2 aromatic rings. The molecule has 0 saturated carbocycles. The number of benzene rings is 1. The van der Waals surface area contributed by atoms with E-state index in [9.17, 15) is 0 Å². The number of nitrogens with zero attached hydrogens (tertiary/aromatic N) is 1. The third-order valence-corrected chi connectivity index (χ3v) is 1.32. The number of hydrogen-bond acceptors (Lipinski definition) is 3. The standard InChI is InChI=1S/C6H6O.C4H5NO.2C2H6/c7-6-4-2-1-3-5-6;1-4-2-3-6-5-4;2*1-2/h1-5,7H;2-3H,1H3;2*1-2H3. The average Bonchev–Trinajstić information content (AvgIpc) is 2.87. The molecular weight excluding hydrogens is 214 g/mol. The number of rotatable bonds is 0. The molecule has 0 bridgehead atoms. The van der Waals surface area contributed by atoms with Crippen molar-refractivity contribution in [3.05, 3.63) is 48.4 Å². The summed E-state index contributed by atoms with van der Waals surface area (Å²) < 4.78 is 4.46. The Kier molecular flexibility index (Phi) is 14.7. The molecule has 1 aromatic heterocycles. The van der Waals surface area contributed by atoms with E-state index in [4.69, 9.17) is 5.11 Å². The lowest BCUT2D eigenvalue weighted by molar-refractivity contribution is 0.415. The third-order valence-electron chi connectivity index (χ3n) is 1.32. The third kappa shape index (κ3) is 12.2. The van der Waals surface area contributed by atoms with Gasteiger partial charge in [0.25, 0.3) is 0 Å². The van der Waals surface area contributed by atoms with E-state index in [0.717, 1.165) is 5.69 Å². The van der Waals surface area contributed by atoms with Gasteiger partial charge in [-0.3, -0.25) is 0 Å². The number of para-hydroxylation sites is 1. The van der Waals surface area contributed by atoms with Crippen LogP contribution in [0.1, 0.15) is 33.4 Å². The predicted molar refractivity (Wildman–Crippen MR) is 72.0 cm³/mol. The fourth-order valence-electron chi connectivity index (χ4n) is 0.701. The number of aromatic hydroxyl groups is 1. The van der Waals surface area contributed by atoms with Crippen LogP contribution in [0.2, 0.25) is 0 Å². The second-order valence-corrected chi connectivity index (χ2v) is 2.48. The Morgan fingerprint density at radius 1 is 0.941 bits per heavy atom. The van der Waals surface area contributed by atoms with Crippen molar-refractivity contribution in [3.63, 3.8) is 0 Å². The molecule has 0 spiro atoms. The van der Waals surface area contributed by atoms with Gasteiger partial charge in [0.05, 0.1) is 5.69 Å². The van der Waals surface area contributed by atoms with Crippen LogP contribution < -0.4 is 0 Å². The fourth-order valence-corrected chi connectivity index (χ4v) is 0.701. The summed E-state index contributed by atoms with van der Waals surface area (Å²) in [6.45, 7) is 9.88. The normalized spacial score (nSPS) is 7.35.